The number of benzene rings is 1. The molecule has 0 radical (unpaired) electrons. The number of aliphatic hydroxyl groups excluding tert-OH is 1. The third-order valence-corrected chi connectivity index (χ3v) is 4.97. The highest BCUT2D eigenvalue weighted by atomic mass is 16.5. The fourth-order valence-electron chi connectivity index (χ4n) is 3.36. The van der Waals surface area contributed by atoms with E-state index in [0.717, 1.165) is 24.1 Å². The molecule has 1 amide bonds. The summed E-state index contributed by atoms with van der Waals surface area (Å²) >= 11 is 0. The molecule has 0 spiro atoms. The van der Waals surface area contributed by atoms with Gasteiger partial charge in [-0.15, -0.1) is 0 Å². The Morgan fingerprint density at radius 1 is 1.27 bits per heavy atom. The molecular formula is C19H26N4O3. The Hall–Kier alpha value is -2.25. The summed E-state index contributed by atoms with van der Waals surface area (Å²) in [5, 5.41) is 9.20. The Balaban J connectivity index is 1.66. The van der Waals surface area contributed by atoms with Gasteiger partial charge in [0.2, 0.25) is 11.8 Å². The lowest BCUT2D eigenvalue weighted by Crippen LogP contribution is -2.53. The van der Waals surface area contributed by atoms with Crippen LogP contribution >= 0.6 is 0 Å². The van der Waals surface area contributed by atoms with E-state index in [0.29, 0.717) is 37.4 Å². The molecule has 0 bridgehead atoms. The summed E-state index contributed by atoms with van der Waals surface area (Å²) in [5.74, 6) is 0.589. The molecule has 1 aliphatic heterocycles. The van der Waals surface area contributed by atoms with E-state index in [-0.39, 0.29) is 18.6 Å². The van der Waals surface area contributed by atoms with E-state index in [9.17, 15) is 9.90 Å². The number of rotatable bonds is 6. The van der Waals surface area contributed by atoms with Gasteiger partial charge in [-0.25, -0.2) is 9.97 Å². The van der Waals surface area contributed by atoms with Crippen molar-refractivity contribution in [2.24, 2.45) is 0 Å². The number of fused-ring (bicyclic) bond motifs is 1. The first-order valence-corrected chi connectivity index (χ1v) is 9.01. The first kappa shape index (κ1) is 18.5. The molecule has 2 aromatic rings. The minimum atomic E-state index is 0.109. The number of amides is 1. The lowest BCUT2D eigenvalue weighted by Gasteiger charge is -2.39. The molecule has 1 aromatic carbocycles. The molecule has 7 heteroatoms. The Morgan fingerprint density at radius 3 is 2.69 bits per heavy atom. The smallest absolute Gasteiger partial charge is 0.235 e. The van der Waals surface area contributed by atoms with E-state index in [4.69, 9.17) is 4.74 Å². The molecular weight excluding hydrogens is 332 g/mol. The summed E-state index contributed by atoms with van der Waals surface area (Å²) < 4.78 is 5.36. The van der Waals surface area contributed by atoms with Crippen molar-refractivity contribution in [1.29, 1.82) is 0 Å². The highest BCUT2D eigenvalue weighted by Crippen LogP contribution is 2.20. The van der Waals surface area contributed by atoms with Crippen LogP contribution in [0.4, 0.5) is 0 Å². The molecule has 0 aliphatic carbocycles. The summed E-state index contributed by atoms with van der Waals surface area (Å²) in [7, 11) is 3.61. The minimum absolute atomic E-state index is 0.109. The second-order valence-corrected chi connectivity index (χ2v) is 6.65. The van der Waals surface area contributed by atoms with Crippen molar-refractivity contribution in [1.82, 2.24) is 19.8 Å². The number of carbonyl (C=O) groups is 1. The summed E-state index contributed by atoms with van der Waals surface area (Å²) in [4.78, 5) is 25.8. The van der Waals surface area contributed by atoms with Gasteiger partial charge in [-0.1, -0.05) is 12.1 Å². The van der Waals surface area contributed by atoms with Crippen LogP contribution in [0.25, 0.3) is 11.0 Å². The molecule has 0 unspecified atom stereocenters. The maximum Gasteiger partial charge on any atom is 0.235 e. The number of carbonyl (C=O) groups excluding carboxylic acids is 1. The number of aryl methyl sites for hydroxylation is 1. The molecule has 140 valence electrons. The van der Waals surface area contributed by atoms with Gasteiger partial charge >= 0.3 is 0 Å². The molecule has 1 aliphatic rings. The molecule has 1 aromatic heterocycles. The third kappa shape index (κ3) is 4.11. The topological polar surface area (TPSA) is 78.8 Å². The van der Waals surface area contributed by atoms with Crippen molar-refractivity contribution in [3.63, 3.8) is 0 Å². The van der Waals surface area contributed by atoms with E-state index in [1.807, 2.05) is 36.2 Å². The molecule has 1 saturated heterocycles. The van der Waals surface area contributed by atoms with Crippen molar-refractivity contribution in [2.45, 2.75) is 25.3 Å². The zero-order chi connectivity index (χ0) is 18.5. The van der Waals surface area contributed by atoms with Crippen LogP contribution in [0, 0.1) is 0 Å². The van der Waals surface area contributed by atoms with Gasteiger partial charge in [0.1, 0.15) is 5.69 Å². The first-order chi connectivity index (χ1) is 12.6. The largest absolute Gasteiger partial charge is 0.480 e. The van der Waals surface area contributed by atoms with Crippen molar-refractivity contribution >= 4 is 16.9 Å². The lowest BCUT2D eigenvalue weighted by atomic mass is 10.1. The molecule has 1 N–H and O–H groups in total. The Bertz CT molecular complexity index is 768. The van der Waals surface area contributed by atoms with E-state index in [2.05, 4.69) is 14.9 Å². The predicted molar refractivity (Wildman–Crippen MR) is 99.1 cm³/mol. The summed E-state index contributed by atoms with van der Waals surface area (Å²) in [5.41, 5.74) is 2.30. The van der Waals surface area contributed by atoms with Gasteiger partial charge in [0, 0.05) is 45.1 Å². The SMILES string of the molecule is COc1nc2ccccc2nc1CCC(=O)N1CCN(C)[C@@H](CCO)C1. The number of piperazine rings is 1. The fraction of sp³-hybridized carbons (Fsp3) is 0.526. The van der Waals surface area contributed by atoms with Crippen LogP contribution < -0.4 is 4.74 Å². The summed E-state index contributed by atoms with van der Waals surface area (Å²) in [6.45, 7) is 2.35. The van der Waals surface area contributed by atoms with Gasteiger partial charge < -0.3 is 14.7 Å². The average Bonchev–Trinajstić information content (AvgIpc) is 2.67. The number of methoxy groups -OCH3 is 1. The number of hydrogen-bond donors (Lipinski definition) is 1. The van der Waals surface area contributed by atoms with Crippen LogP contribution in [0.1, 0.15) is 18.5 Å². The second-order valence-electron chi connectivity index (χ2n) is 6.65. The van der Waals surface area contributed by atoms with Crippen molar-refractivity contribution in [3.05, 3.63) is 30.0 Å². The maximum absolute atomic E-state index is 12.6. The lowest BCUT2D eigenvalue weighted by molar-refractivity contribution is -0.134. The van der Waals surface area contributed by atoms with E-state index < -0.39 is 0 Å². The zero-order valence-corrected chi connectivity index (χ0v) is 15.4. The quantitative estimate of drug-likeness (QED) is 0.833. The predicted octanol–water partition coefficient (Wildman–Crippen LogP) is 1.10. The molecule has 3 rings (SSSR count). The molecule has 0 saturated carbocycles. The van der Waals surface area contributed by atoms with Gasteiger partial charge in [0.25, 0.3) is 0 Å². The van der Waals surface area contributed by atoms with Crippen LogP contribution in [-0.4, -0.2) is 77.2 Å². The van der Waals surface area contributed by atoms with Gasteiger partial charge in [-0.05, 0) is 25.6 Å². The van der Waals surface area contributed by atoms with Crippen LogP contribution in [0.5, 0.6) is 5.88 Å². The average molecular weight is 358 g/mol. The number of hydrogen-bond acceptors (Lipinski definition) is 6. The van der Waals surface area contributed by atoms with E-state index in [1.54, 1.807) is 7.11 Å². The van der Waals surface area contributed by atoms with E-state index in [1.165, 1.54) is 0 Å². The third-order valence-electron chi connectivity index (χ3n) is 4.97. The summed E-state index contributed by atoms with van der Waals surface area (Å²) in [6, 6.07) is 7.85. The van der Waals surface area contributed by atoms with Crippen molar-refractivity contribution < 1.29 is 14.6 Å². The van der Waals surface area contributed by atoms with Crippen LogP contribution in [0.15, 0.2) is 24.3 Å². The van der Waals surface area contributed by atoms with Crippen LogP contribution in [0.2, 0.25) is 0 Å². The van der Waals surface area contributed by atoms with Gasteiger partial charge in [0.05, 0.1) is 18.1 Å². The normalized spacial score (nSPS) is 18.3. The number of aliphatic hydroxyl groups is 1. The van der Waals surface area contributed by atoms with E-state index >= 15 is 0 Å². The number of aromatic nitrogens is 2. The zero-order valence-electron chi connectivity index (χ0n) is 15.4. The Morgan fingerprint density at radius 2 is 2.00 bits per heavy atom. The van der Waals surface area contributed by atoms with Crippen LogP contribution in [0.3, 0.4) is 0 Å². The number of nitrogens with zero attached hydrogens (tertiary/aromatic N) is 4. The standard InChI is InChI=1S/C19H26N4O3/c1-22-10-11-23(13-14(22)9-12-24)18(25)8-7-17-19(26-2)21-16-6-4-3-5-15(16)20-17/h3-6,14,24H,7-13H2,1-2H3/t14-/m0/s1. The monoisotopic (exact) mass is 358 g/mol. The fourth-order valence-corrected chi connectivity index (χ4v) is 3.36. The number of ether oxygens (including phenoxy) is 1. The van der Waals surface area contributed by atoms with Gasteiger partial charge in [-0.3, -0.25) is 9.69 Å². The maximum atomic E-state index is 12.6. The van der Waals surface area contributed by atoms with Gasteiger partial charge in [0.15, 0.2) is 0 Å². The highest BCUT2D eigenvalue weighted by Gasteiger charge is 2.26. The number of para-hydroxylation sites is 2. The molecule has 1 fully saturated rings. The first-order valence-electron chi connectivity index (χ1n) is 9.01. The van der Waals surface area contributed by atoms with Crippen LogP contribution in [-0.2, 0) is 11.2 Å². The minimum Gasteiger partial charge on any atom is -0.480 e. The second kappa shape index (κ2) is 8.42. The molecule has 7 nitrogen and oxygen atoms in total. The molecule has 2 heterocycles. The van der Waals surface area contributed by atoms with Gasteiger partial charge in [-0.2, -0.15) is 0 Å². The Labute approximate surface area is 153 Å². The number of likely N-dealkylation sites (N-methyl/N-ethyl adjacent to an activating group) is 1. The highest BCUT2D eigenvalue weighted by molar-refractivity contribution is 5.77. The summed E-state index contributed by atoms with van der Waals surface area (Å²) in [6.07, 6.45) is 1.56. The van der Waals surface area contributed by atoms with Crippen molar-refractivity contribution in [3.8, 4) is 5.88 Å². The Kier molecular flexibility index (Phi) is 6.00. The van der Waals surface area contributed by atoms with Crippen molar-refractivity contribution in [2.75, 3.05) is 40.4 Å². The molecule has 1 atom stereocenters. The molecule has 26 heavy (non-hydrogen) atoms.